The van der Waals surface area contributed by atoms with E-state index >= 15 is 0 Å². The van der Waals surface area contributed by atoms with Gasteiger partial charge in [0.25, 0.3) is 5.91 Å². The number of nitrogens with zero attached hydrogens (tertiary/aromatic N) is 4. The average Bonchev–Trinajstić information content (AvgIpc) is 3.41. The van der Waals surface area contributed by atoms with Crippen molar-refractivity contribution in [3.8, 4) is 11.5 Å². The van der Waals surface area contributed by atoms with E-state index in [1.807, 2.05) is 36.9 Å². The van der Waals surface area contributed by atoms with Crippen molar-refractivity contribution in [3.63, 3.8) is 0 Å². The summed E-state index contributed by atoms with van der Waals surface area (Å²) in [5, 5.41) is 4.30. The molecule has 0 aliphatic heterocycles. The fourth-order valence-electron chi connectivity index (χ4n) is 4.08. The number of hydrogen-bond acceptors (Lipinski definition) is 5. The zero-order chi connectivity index (χ0) is 21.1. The standard InChI is InChI=1S/C23H28N4O3/c1-16(2)30-21-13-17(9-10-20(21)29-3)15-26(18-7-4-5-8-18)23(28)19-14-25-27-12-6-11-24-22(19)27/h6,9-14,16,18H,4-5,7-8,15H2,1-3H3. The monoisotopic (exact) mass is 408 g/mol. The molecule has 7 heteroatoms. The van der Waals surface area contributed by atoms with Crippen molar-refractivity contribution < 1.29 is 14.3 Å². The van der Waals surface area contributed by atoms with Gasteiger partial charge in [-0.1, -0.05) is 18.9 Å². The van der Waals surface area contributed by atoms with Crippen molar-refractivity contribution in [2.24, 2.45) is 0 Å². The van der Waals surface area contributed by atoms with Crippen LogP contribution in [0.2, 0.25) is 0 Å². The molecule has 2 heterocycles. The molecule has 0 N–H and O–H groups in total. The molecule has 30 heavy (non-hydrogen) atoms. The Kier molecular flexibility index (Phi) is 5.88. The van der Waals surface area contributed by atoms with Gasteiger partial charge >= 0.3 is 0 Å². The van der Waals surface area contributed by atoms with Gasteiger partial charge in [-0.25, -0.2) is 9.50 Å². The van der Waals surface area contributed by atoms with E-state index in [-0.39, 0.29) is 18.1 Å². The number of methoxy groups -OCH3 is 1. The number of fused-ring (bicyclic) bond motifs is 1. The highest BCUT2D eigenvalue weighted by Crippen LogP contribution is 2.32. The first-order valence-corrected chi connectivity index (χ1v) is 10.5. The normalized spacial score (nSPS) is 14.4. The topological polar surface area (TPSA) is 69.0 Å². The molecule has 4 rings (SSSR count). The van der Waals surface area contributed by atoms with E-state index in [0.29, 0.717) is 29.3 Å². The van der Waals surface area contributed by atoms with Gasteiger partial charge in [0.05, 0.1) is 19.4 Å². The molecule has 0 saturated heterocycles. The van der Waals surface area contributed by atoms with Gasteiger partial charge in [-0.2, -0.15) is 5.10 Å². The Morgan fingerprint density at radius 3 is 2.80 bits per heavy atom. The molecular formula is C23H28N4O3. The Bertz CT molecular complexity index is 1020. The second-order valence-electron chi connectivity index (χ2n) is 7.97. The zero-order valence-corrected chi connectivity index (χ0v) is 17.7. The molecule has 1 aliphatic carbocycles. The maximum absolute atomic E-state index is 13.6. The van der Waals surface area contributed by atoms with Crippen LogP contribution in [0.5, 0.6) is 11.5 Å². The number of carbonyl (C=O) groups is 1. The van der Waals surface area contributed by atoms with Gasteiger partial charge in [-0.3, -0.25) is 4.79 Å². The van der Waals surface area contributed by atoms with Crippen molar-refractivity contribution in [1.29, 1.82) is 0 Å². The molecule has 0 radical (unpaired) electrons. The highest BCUT2D eigenvalue weighted by Gasteiger charge is 2.30. The smallest absolute Gasteiger partial charge is 0.259 e. The minimum atomic E-state index is -0.0299. The summed E-state index contributed by atoms with van der Waals surface area (Å²) in [5.74, 6) is 1.36. The Morgan fingerprint density at radius 2 is 2.07 bits per heavy atom. The number of aromatic nitrogens is 3. The van der Waals surface area contributed by atoms with E-state index < -0.39 is 0 Å². The Hall–Kier alpha value is -3.09. The third-order valence-corrected chi connectivity index (χ3v) is 5.48. The molecule has 1 amide bonds. The van der Waals surface area contributed by atoms with Crippen LogP contribution < -0.4 is 9.47 Å². The molecule has 2 aromatic heterocycles. The van der Waals surface area contributed by atoms with Gasteiger partial charge in [-0.15, -0.1) is 0 Å². The zero-order valence-electron chi connectivity index (χ0n) is 17.7. The number of rotatable bonds is 7. The van der Waals surface area contributed by atoms with E-state index in [4.69, 9.17) is 9.47 Å². The van der Waals surface area contributed by atoms with Crippen LogP contribution in [0.1, 0.15) is 55.5 Å². The molecular weight excluding hydrogens is 380 g/mol. The lowest BCUT2D eigenvalue weighted by atomic mass is 10.1. The second kappa shape index (κ2) is 8.73. The van der Waals surface area contributed by atoms with E-state index in [1.165, 1.54) is 0 Å². The molecule has 158 valence electrons. The van der Waals surface area contributed by atoms with Crippen LogP contribution in [0, 0.1) is 0 Å². The minimum Gasteiger partial charge on any atom is -0.493 e. The van der Waals surface area contributed by atoms with E-state index in [0.717, 1.165) is 31.2 Å². The maximum atomic E-state index is 13.6. The third-order valence-electron chi connectivity index (χ3n) is 5.48. The fourth-order valence-corrected chi connectivity index (χ4v) is 4.08. The average molecular weight is 409 g/mol. The van der Waals surface area contributed by atoms with Crippen molar-refractivity contribution >= 4 is 11.6 Å². The molecule has 0 atom stereocenters. The van der Waals surface area contributed by atoms with E-state index in [2.05, 4.69) is 10.1 Å². The Balaban J connectivity index is 1.66. The Labute approximate surface area is 176 Å². The quantitative estimate of drug-likeness (QED) is 0.588. The van der Waals surface area contributed by atoms with Gasteiger partial charge in [0, 0.05) is 25.0 Å². The molecule has 1 saturated carbocycles. The van der Waals surface area contributed by atoms with E-state index in [1.54, 1.807) is 36.3 Å². The van der Waals surface area contributed by atoms with Gasteiger partial charge < -0.3 is 14.4 Å². The highest BCUT2D eigenvalue weighted by molar-refractivity contribution is 5.99. The highest BCUT2D eigenvalue weighted by atomic mass is 16.5. The summed E-state index contributed by atoms with van der Waals surface area (Å²) < 4.78 is 13.0. The summed E-state index contributed by atoms with van der Waals surface area (Å²) in [5.41, 5.74) is 2.13. The first-order valence-electron chi connectivity index (χ1n) is 10.5. The summed E-state index contributed by atoms with van der Waals surface area (Å²) in [4.78, 5) is 19.9. The van der Waals surface area contributed by atoms with Crippen LogP contribution in [0.15, 0.2) is 42.9 Å². The van der Waals surface area contributed by atoms with Crippen molar-refractivity contribution in [2.45, 2.75) is 58.2 Å². The van der Waals surface area contributed by atoms with Gasteiger partial charge in [0.1, 0.15) is 5.56 Å². The van der Waals surface area contributed by atoms with Crippen LogP contribution in [0.3, 0.4) is 0 Å². The van der Waals surface area contributed by atoms with Crippen molar-refractivity contribution in [1.82, 2.24) is 19.5 Å². The molecule has 1 fully saturated rings. The van der Waals surface area contributed by atoms with Gasteiger partial charge in [0.2, 0.25) is 0 Å². The van der Waals surface area contributed by atoms with Gasteiger partial charge in [0.15, 0.2) is 17.1 Å². The number of amides is 1. The number of ether oxygens (including phenoxy) is 2. The summed E-state index contributed by atoms with van der Waals surface area (Å²) >= 11 is 0. The molecule has 7 nitrogen and oxygen atoms in total. The third kappa shape index (κ3) is 4.10. The lowest BCUT2D eigenvalue weighted by Crippen LogP contribution is -2.38. The maximum Gasteiger partial charge on any atom is 0.259 e. The van der Waals surface area contributed by atoms with Crippen LogP contribution in [0.4, 0.5) is 0 Å². The molecule has 1 aromatic carbocycles. The van der Waals surface area contributed by atoms with Gasteiger partial charge in [-0.05, 0) is 50.5 Å². The van der Waals surface area contributed by atoms with E-state index in [9.17, 15) is 4.79 Å². The summed E-state index contributed by atoms with van der Waals surface area (Å²) in [6, 6.07) is 7.89. The number of benzene rings is 1. The lowest BCUT2D eigenvalue weighted by Gasteiger charge is -2.29. The largest absolute Gasteiger partial charge is 0.493 e. The molecule has 0 unspecified atom stereocenters. The molecule has 3 aromatic rings. The first kappa shape index (κ1) is 20.2. The summed E-state index contributed by atoms with van der Waals surface area (Å²) in [7, 11) is 1.63. The fraction of sp³-hybridized carbons (Fsp3) is 0.435. The summed E-state index contributed by atoms with van der Waals surface area (Å²) in [6.07, 6.45) is 9.47. The van der Waals surface area contributed by atoms with Crippen LogP contribution in [0.25, 0.3) is 5.65 Å². The van der Waals surface area contributed by atoms with Crippen molar-refractivity contribution in [2.75, 3.05) is 7.11 Å². The predicted octanol–water partition coefficient (Wildman–Crippen LogP) is 4.11. The minimum absolute atomic E-state index is 0.0299. The Morgan fingerprint density at radius 1 is 1.27 bits per heavy atom. The molecule has 1 aliphatic rings. The SMILES string of the molecule is COc1ccc(CN(C(=O)c2cnn3cccnc23)C2CCCC2)cc1OC(C)C. The number of hydrogen-bond donors (Lipinski definition) is 0. The molecule has 0 bridgehead atoms. The van der Waals surface area contributed by atoms with Crippen LogP contribution in [-0.4, -0.2) is 44.7 Å². The first-order chi connectivity index (χ1) is 14.6. The summed E-state index contributed by atoms with van der Waals surface area (Å²) in [6.45, 7) is 4.48. The molecule has 0 spiro atoms. The van der Waals surface area contributed by atoms with Crippen molar-refractivity contribution in [3.05, 3.63) is 54.0 Å². The lowest BCUT2D eigenvalue weighted by molar-refractivity contribution is 0.0666. The van der Waals surface area contributed by atoms with Crippen LogP contribution in [-0.2, 0) is 6.54 Å². The van der Waals surface area contributed by atoms with Crippen LogP contribution >= 0.6 is 0 Å². The predicted molar refractivity (Wildman–Crippen MR) is 114 cm³/mol. The second-order valence-corrected chi connectivity index (χ2v) is 7.97. The number of carbonyl (C=O) groups excluding carboxylic acids is 1.